The summed E-state index contributed by atoms with van der Waals surface area (Å²) < 4.78 is 0. The van der Waals surface area contributed by atoms with Crippen molar-refractivity contribution in [2.45, 2.75) is 31.8 Å². The van der Waals surface area contributed by atoms with Gasteiger partial charge in [-0.1, -0.05) is 19.1 Å². The summed E-state index contributed by atoms with van der Waals surface area (Å²) in [5, 5.41) is 20.8. The van der Waals surface area contributed by atoms with Crippen LogP contribution in [0, 0.1) is 0 Å². The lowest BCUT2D eigenvalue weighted by Crippen LogP contribution is -2.47. The molecule has 0 fully saturated rings. The highest BCUT2D eigenvalue weighted by atomic mass is 16.3. The van der Waals surface area contributed by atoms with Crippen LogP contribution in [0.15, 0.2) is 24.3 Å². The van der Waals surface area contributed by atoms with Crippen molar-refractivity contribution in [1.29, 1.82) is 0 Å². The molecule has 0 heterocycles. The molecule has 0 aliphatic heterocycles. The van der Waals surface area contributed by atoms with Gasteiger partial charge in [-0.15, -0.1) is 0 Å². The van der Waals surface area contributed by atoms with Gasteiger partial charge in [0.15, 0.2) is 0 Å². The fourth-order valence-corrected chi connectivity index (χ4v) is 1.56. The summed E-state index contributed by atoms with van der Waals surface area (Å²) in [6.07, 6.45) is 1.06. The average Bonchev–Trinajstić information content (AvgIpc) is 2.38. The molecule has 0 aliphatic rings. The molecular formula is C13H20N2O3. The SMILES string of the molecule is CCC(CO)NC(=O)[C@@H](N)Cc1ccc(O)cc1. The quantitative estimate of drug-likeness (QED) is 0.579. The first-order valence-corrected chi connectivity index (χ1v) is 6.01. The van der Waals surface area contributed by atoms with Crippen molar-refractivity contribution in [3.8, 4) is 5.75 Å². The molecule has 100 valence electrons. The third kappa shape index (κ3) is 4.35. The summed E-state index contributed by atoms with van der Waals surface area (Å²) in [5.74, 6) is -0.0907. The molecule has 5 nitrogen and oxygen atoms in total. The zero-order valence-electron chi connectivity index (χ0n) is 10.5. The van der Waals surface area contributed by atoms with E-state index in [9.17, 15) is 4.79 Å². The number of nitrogens with one attached hydrogen (secondary N) is 1. The molecule has 0 spiro atoms. The smallest absolute Gasteiger partial charge is 0.237 e. The third-order valence-electron chi connectivity index (χ3n) is 2.79. The summed E-state index contributed by atoms with van der Waals surface area (Å²) in [6, 6.07) is 5.67. The van der Waals surface area contributed by atoms with Gasteiger partial charge in [0, 0.05) is 0 Å². The second-order valence-corrected chi connectivity index (χ2v) is 4.27. The lowest BCUT2D eigenvalue weighted by molar-refractivity contribution is -0.123. The maximum absolute atomic E-state index is 11.7. The van der Waals surface area contributed by atoms with E-state index < -0.39 is 6.04 Å². The normalized spacial score (nSPS) is 13.9. The molecule has 5 N–H and O–H groups in total. The number of carbonyl (C=O) groups excluding carboxylic acids is 1. The fourth-order valence-electron chi connectivity index (χ4n) is 1.56. The van der Waals surface area contributed by atoms with E-state index in [4.69, 9.17) is 15.9 Å². The second kappa shape index (κ2) is 6.98. The Labute approximate surface area is 107 Å². The number of aliphatic hydroxyl groups excluding tert-OH is 1. The van der Waals surface area contributed by atoms with E-state index in [1.165, 1.54) is 0 Å². The topological polar surface area (TPSA) is 95.6 Å². The van der Waals surface area contributed by atoms with Crippen molar-refractivity contribution in [2.75, 3.05) is 6.61 Å². The number of amides is 1. The van der Waals surface area contributed by atoms with E-state index in [-0.39, 0.29) is 24.3 Å². The first-order chi connectivity index (χ1) is 8.56. The molecule has 1 rings (SSSR count). The van der Waals surface area contributed by atoms with Crippen LogP contribution in [0.3, 0.4) is 0 Å². The molecule has 5 heteroatoms. The van der Waals surface area contributed by atoms with E-state index in [1.807, 2.05) is 6.92 Å². The molecule has 0 radical (unpaired) electrons. The van der Waals surface area contributed by atoms with E-state index in [1.54, 1.807) is 24.3 Å². The predicted octanol–water partition coefficient (Wildman–Crippen LogP) is 0.149. The minimum absolute atomic E-state index is 0.0891. The Bertz CT molecular complexity index is 374. The van der Waals surface area contributed by atoms with Crippen LogP contribution in [-0.4, -0.2) is 34.8 Å². The second-order valence-electron chi connectivity index (χ2n) is 4.27. The van der Waals surface area contributed by atoms with Crippen molar-refractivity contribution in [3.63, 3.8) is 0 Å². The lowest BCUT2D eigenvalue weighted by atomic mass is 10.1. The van der Waals surface area contributed by atoms with Crippen LogP contribution in [0.25, 0.3) is 0 Å². The van der Waals surface area contributed by atoms with E-state index in [2.05, 4.69) is 5.32 Å². The van der Waals surface area contributed by atoms with Gasteiger partial charge >= 0.3 is 0 Å². The van der Waals surface area contributed by atoms with E-state index >= 15 is 0 Å². The Morgan fingerprint density at radius 1 is 1.39 bits per heavy atom. The molecule has 1 unspecified atom stereocenters. The van der Waals surface area contributed by atoms with Crippen molar-refractivity contribution in [1.82, 2.24) is 5.32 Å². The predicted molar refractivity (Wildman–Crippen MR) is 69.1 cm³/mol. The number of aliphatic hydroxyl groups is 1. The summed E-state index contributed by atoms with van der Waals surface area (Å²) in [4.78, 5) is 11.7. The van der Waals surface area contributed by atoms with Gasteiger partial charge in [-0.25, -0.2) is 0 Å². The van der Waals surface area contributed by atoms with E-state index in [0.717, 1.165) is 5.56 Å². The van der Waals surface area contributed by atoms with Gasteiger partial charge in [-0.05, 0) is 30.5 Å². The number of hydrogen-bond donors (Lipinski definition) is 4. The highest BCUT2D eigenvalue weighted by molar-refractivity contribution is 5.82. The van der Waals surface area contributed by atoms with Gasteiger partial charge in [0.1, 0.15) is 5.75 Å². The van der Waals surface area contributed by atoms with Crippen molar-refractivity contribution in [2.24, 2.45) is 5.73 Å². The Kier molecular flexibility index (Phi) is 5.61. The molecule has 0 aliphatic carbocycles. The zero-order valence-corrected chi connectivity index (χ0v) is 10.5. The van der Waals surface area contributed by atoms with Gasteiger partial charge < -0.3 is 21.3 Å². The zero-order chi connectivity index (χ0) is 13.5. The standard InChI is InChI=1S/C13H20N2O3/c1-2-10(8-16)15-13(18)12(14)7-9-3-5-11(17)6-4-9/h3-6,10,12,16-17H,2,7-8,14H2,1H3,(H,15,18)/t10?,12-/m0/s1. The summed E-state index contributed by atoms with van der Waals surface area (Å²) >= 11 is 0. The molecule has 1 aromatic rings. The molecule has 0 saturated carbocycles. The number of hydrogen-bond acceptors (Lipinski definition) is 4. The first kappa shape index (κ1) is 14.5. The Hall–Kier alpha value is -1.59. The maximum Gasteiger partial charge on any atom is 0.237 e. The number of rotatable bonds is 6. The summed E-state index contributed by atoms with van der Waals surface area (Å²) in [6.45, 7) is 1.79. The van der Waals surface area contributed by atoms with Gasteiger partial charge in [0.25, 0.3) is 0 Å². The maximum atomic E-state index is 11.7. The van der Waals surface area contributed by atoms with Crippen LogP contribution in [0.2, 0.25) is 0 Å². The number of aromatic hydroxyl groups is 1. The molecular weight excluding hydrogens is 232 g/mol. The molecule has 2 atom stereocenters. The largest absolute Gasteiger partial charge is 0.508 e. The Morgan fingerprint density at radius 2 is 2.00 bits per heavy atom. The summed E-state index contributed by atoms with van der Waals surface area (Å²) in [7, 11) is 0. The highest BCUT2D eigenvalue weighted by Crippen LogP contribution is 2.10. The fraction of sp³-hybridized carbons (Fsp3) is 0.462. The van der Waals surface area contributed by atoms with Crippen LogP contribution in [0.5, 0.6) is 5.75 Å². The minimum atomic E-state index is -0.657. The monoisotopic (exact) mass is 252 g/mol. The molecule has 0 bridgehead atoms. The average molecular weight is 252 g/mol. The van der Waals surface area contributed by atoms with Crippen molar-refractivity contribution < 1.29 is 15.0 Å². The highest BCUT2D eigenvalue weighted by Gasteiger charge is 2.17. The number of benzene rings is 1. The molecule has 1 aromatic carbocycles. The molecule has 1 amide bonds. The van der Waals surface area contributed by atoms with Crippen molar-refractivity contribution in [3.05, 3.63) is 29.8 Å². The Balaban J connectivity index is 2.51. The number of phenolic OH excluding ortho intramolecular Hbond substituents is 1. The van der Waals surface area contributed by atoms with Gasteiger partial charge in [-0.2, -0.15) is 0 Å². The van der Waals surface area contributed by atoms with Gasteiger partial charge in [-0.3, -0.25) is 4.79 Å². The van der Waals surface area contributed by atoms with Crippen LogP contribution in [0.4, 0.5) is 0 Å². The number of nitrogens with two attached hydrogens (primary N) is 1. The van der Waals surface area contributed by atoms with Crippen molar-refractivity contribution >= 4 is 5.91 Å². The van der Waals surface area contributed by atoms with E-state index in [0.29, 0.717) is 12.8 Å². The molecule has 0 saturated heterocycles. The lowest BCUT2D eigenvalue weighted by Gasteiger charge is -2.17. The minimum Gasteiger partial charge on any atom is -0.508 e. The number of phenols is 1. The molecule has 0 aromatic heterocycles. The third-order valence-corrected chi connectivity index (χ3v) is 2.79. The van der Waals surface area contributed by atoms with Gasteiger partial charge in [0.2, 0.25) is 5.91 Å². The summed E-state index contributed by atoms with van der Waals surface area (Å²) in [5.41, 5.74) is 6.67. The van der Waals surface area contributed by atoms with Gasteiger partial charge in [0.05, 0.1) is 18.7 Å². The number of carbonyl (C=O) groups is 1. The Morgan fingerprint density at radius 3 is 2.50 bits per heavy atom. The van der Waals surface area contributed by atoms with Crippen LogP contribution in [0.1, 0.15) is 18.9 Å². The van der Waals surface area contributed by atoms with Crippen LogP contribution in [-0.2, 0) is 11.2 Å². The van der Waals surface area contributed by atoms with Crippen LogP contribution < -0.4 is 11.1 Å². The molecule has 18 heavy (non-hydrogen) atoms. The first-order valence-electron chi connectivity index (χ1n) is 6.01. The van der Waals surface area contributed by atoms with Crippen LogP contribution >= 0.6 is 0 Å².